The molecular weight excluding hydrogens is 366 g/mol. The molecule has 1 aromatic heterocycles. The lowest BCUT2D eigenvalue weighted by molar-refractivity contribution is -0.127. The van der Waals surface area contributed by atoms with Crippen LogP contribution in [-0.4, -0.2) is 22.2 Å². The van der Waals surface area contributed by atoms with Gasteiger partial charge in [0.05, 0.1) is 6.54 Å². The van der Waals surface area contributed by atoms with Crippen LogP contribution in [0.15, 0.2) is 47.0 Å². The smallest absolute Gasteiger partial charge is 0.261 e. The van der Waals surface area contributed by atoms with Crippen LogP contribution in [-0.2, 0) is 11.3 Å². The molecule has 7 heteroatoms. The minimum absolute atomic E-state index is 0.130. The Labute approximate surface area is 162 Å². The van der Waals surface area contributed by atoms with E-state index in [1.807, 2.05) is 56.3 Å². The lowest BCUT2D eigenvalue weighted by atomic mass is 10.1. The van der Waals surface area contributed by atoms with E-state index in [1.54, 1.807) is 6.92 Å². The Bertz CT molecular complexity index is 918. The van der Waals surface area contributed by atoms with Crippen molar-refractivity contribution in [2.45, 2.75) is 33.4 Å². The van der Waals surface area contributed by atoms with E-state index in [0.29, 0.717) is 22.5 Å². The number of halogens is 1. The average molecular weight is 386 g/mol. The Morgan fingerprint density at radius 1 is 1.22 bits per heavy atom. The Morgan fingerprint density at radius 3 is 2.56 bits per heavy atom. The van der Waals surface area contributed by atoms with Crippen molar-refractivity contribution in [2.75, 3.05) is 0 Å². The van der Waals surface area contributed by atoms with E-state index in [2.05, 4.69) is 15.5 Å². The van der Waals surface area contributed by atoms with Gasteiger partial charge in [-0.1, -0.05) is 47.1 Å². The summed E-state index contributed by atoms with van der Waals surface area (Å²) in [5.41, 5.74) is 2.65. The molecule has 0 aliphatic rings. The fourth-order valence-corrected chi connectivity index (χ4v) is 2.68. The van der Waals surface area contributed by atoms with Gasteiger partial charge in [0.15, 0.2) is 6.10 Å². The summed E-state index contributed by atoms with van der Waals surface area (Å²) in [5, 5.41) is 7.36. The minimum Gasteiger partial charge on any atom is -0.481 e. The topological polar surface area (TPSA) is 77.2 Å². The average Bonchev–Trinajstić information content (AvgIpc) is 3.14. The highest BCUT2D eigenvalue weighted by molar-refractivity contribution is 6.32. The highest BCUT2D eigenvalue weighted by Gasteiger charge is 2.17. The first-order valence-electron chi connectivity index (χ1n) is 8.53. The van der Waals surface area contributed by atoms with Crippen LogP contribution in [0.1, 0.15) is 23.9 Å². The lowest BCUT2D eigenvalue weighted by Gasteiger charge is -2.15. The summed E-state index contributed by atoms with van der Waals surface area (Å²) in [6.45, 7) is 5.60. The summed E-state index contributed by atoms with van der Waals surface area (Å²) in [6.07, 6.45) is -0.679. The van der Waals surface area contributed by atoms with E-state index >= 15 is 0 Å². The maximum Gasteiger partial charge on any atom is 0.261 e. The molecule has 0 radical (unpaired) electrons. The van der Waals surface area contributed by atoms with Crippen molar-refractivity contribution in [3.8, 4) is 17.1 Å². The molecule has 0 aliphatic heterocycles. The third-order valence-corrected chi connectivity index (χ3v) is 4.60. The molecule has 1 amide bonds. The molecule has 3 aromatic rings. The van der Waals surface area contributed by atoms with Crippen molar-refractivity contribution in [1.82, 2.24) is 15.5 Å². The van der Waals surface area contributed by atoms with Gasteiger partial charge in [-0.3, -0.25) is 4.79 Å². The number of carbonyl (C=O) groups excluding carboxylic acids is 1. The molecule has 1 N–H and O–H groups in total. The number of nitrogens with one attached hydrogen (secondary N) is 1. The first-order valence-corrected chi connectivity index (χ1v) is 8.91. The van der Waals surface area contributed by atoms with Gasteiger partial charge in [-0.05, 0) is 44.0 Å². The number of ether oxygens (including phenoxy) is 1. The molecule has 140 valence electrons. The van der Waals surface area contributed by atoms with Crippen molar-refractivity contribution in [1.29, 1.82) is 0 Å². The molecule has 0 fully saturated rings. The molecule has 0 spiro atoms. The predicted molar refractivity (Wildman–Crippen MR) is 103 cm³/mol. The largest absolute Gasteiger partial charge is 0.481 e. The molecule has 0 saturated heterocycles. The van der Waals surface area contributed by atoms with Gasteiger partial charge in [0.25, 0.3) is 5.91 Å². The standard InChI is InChI=1S/C20H20ClN3O3/c1-12-9-16(10-13(2)18(12)21)26-14(3)20(25)22-11-17-23-19(24-27-17)15-7-5-4-6-8-15/h4-10,14H,11H2,1-3H3,(H,22,25)/t14-/m0/s1. The summed E-state index contributed by atoms with van der Waals surface area (Å²) in [6, 6.07) is 13.1. The van der Waals surface area contributed by atoms with E-state index in [4.69, 9.17) is 20.9 Å². The number of aryl methyl sites for hydroxylation is 2. The van der Waals surface area contributed by atoms with Crippen LogP contribution in [0.3, 0.4) is 0 Å². The molecule has 0 unspecified atom stereocenters. The van der Waals surface area contributed by atoms with E-state index in [1.165, 1.54) is 0 Å². The number of hydrogen-bond donors (Lipinski definition) is 1. The number of hydrogen-bond acceptors (Lipinski definition) is 5. The summed E-state index contributed by atoms with van der Waals surface area (Å²) in [4.78, 5) is 16.6. The van der Waals surface area contributed by atoms with Crippen molar-refractivity contribution in [3.63, 3.8) is 0 Å². The molecule has 3 rings (SSSR count). The van der Waals surface area contributed by atoms with Crippen LogP contribution in [0, 0.1) is 13.8 Å². The van der Waals surface area contributed by atoms with Gasteiger partial charge in [0, 0.05) is 10.6 Å². The van der Waals surface area contributed by atoms with E-state index in [0.717, 1.165) is 16.7 Å². The summed E-state index contributed by atoms with van der Waals surface area (Å²) in [7, 11) is 0. The number of rotatable bonds is 6. The fourth-order valence-electron chi connectivity index (χ4n) is 2.57. The first-order chi connectivity index (χ1) is 12.9. The van der Waals surface area contributed by atoms with Crippen LogP contribution in [0.25, 0.3) is 11.4 Å². The molecule has 1 atom stereocenters. The van der Waals surface area contributed by atoms with E-state index in [9.17, 15) is 4.79 Å². The second-order valence-electron chi connectivity index (χ2n) is 6.23. The normalized spacial score (nSPS) is 11.9. The maximum absolute atomic E-state index is 12.3. The summed E-state index contributed by atoms with van der Waals surface area (Å²) < 4.78 is 10.9. The Balaban J connectivity index is 1.57. The Morgan fingerprint density at radius 2 is 1.89 bits per heavy atom. The van der Waals surface area contributed by atoms with Gasteiger partial charge in [0.1, 0.15) is 5.75 Å². The zero-order valence-electron chi connectivity index (χ0n) is 15.3. The molecule has 0 bridgehead atoms. The van der Waals surface area contributed by atoms with Gasteiger partial charge in [-0.15, -0.1) is 0 Å². The number of aromatic nitrogens is 2. The molecule has 2 aromatic carbocycles. The molecule has 6 nitrogen and oxygen atoms in total. The van der Waals surface area contributed by atoms with Crippen LogP contribution in [0.4, 0.5) is 0 Å². The first kappa shape index (κ1) is 18.9. The van der Waals surface area contributed by atoms with Gasteiger partial charge < -0.3 is 14.6 Å². The third-order valence-electron chi connectivity index (χ3n) is 4.01. The third kappa shape index (κ3) is 4.65. The van der Waals surface area contributed by atoms with Crippen LogP contribution in [0.2, 0.25) is 5.02 Å². The molecular formula is C20H20ClN3O3. The predicted octanol–water partition coefficient (Wildman–Crippen LogP) is 4.09. The summed E-state index contributed by atoms with van der Waals surface area (Å²) in [5.74, 6) is 1.13. The van der Waals surface area contributed by atoms with Gasteiger partial charge in [-0.2, -0.15) is 4.98 Å². The Kier molecular flexibility index (Phi) is 5.76. The fraction of sp³-hybridized carbons (Fsp3) is 0.250. The van der Waals surface area contributed by atoms with Crippen molar-refractivity contribution < 1.29 is 14.1 Å². The molecule has 0 saturated carbocycles. The highest BCUT2D eigenvalue weighted by atomic mass is 35.5. The monoisotopic (exact) mass is 385 g/mol. The van der Waals surface area contributed by atoms with Gasteiger partial charge in [0.2, 0.25) is 11.7 Å². The Hall–Kier alpha value is -2.86. The second-order valence-corrected chi connectivity index (χ2v) is 6.60. The number of carbonyl (C=O) groups is 1. The lowest BCUT2D eigenvalue weighted by Crippen LogP contribution is -2.36. The zero-order valence-corrected chi connectivity index (χ0v) is 16.1. The van der Waals surface area contributed by atoms with Crippen molar-refractivity contribution in [2.24, 2.45) is 0 Å². The van der Waals surface area contributed by atoms with E-state index < -0.39 is 6.10 Å². The van der Waals surface area contributed by atoms with Crippen molar-refractivity contribution >= 4 is 17.5 Å². The second kappa shape index (κ2) is 8.22. The molecule has 0 aliphatic carbocycles. The van der Waals surface area contributed by atoms with Gasteiger partial charge in [-0.25, -0.2) is 0 Å². The van der Waals surface area contributed by atoms with Crippen LogP contribution < -0.4 is 10.1 Å². The van der Waals surface area contributed by atoms with Crippen LogP contribution >= 0.6 is 11.6 Å². The van der Waals surface area contributed by atoms with E-state index in [-0.39, 0.29) is 12.5 Å². The van der Waals surface area contributed by atoms with Gasteiger partial charge >= 0.3 is 0 Å². The zero-order chi connectivity index (χ0) is 19.4. The number of nitrogens with zero attached hydrogens (tertiary/aromatic N) is 2. The quantitative estimate of drug-likeness (QED) is 0.691. The SMILES string of the molecule is Cc1cc(O[C@@H](C)C(=O)NCc2nc(-c3ccccc3)no2)cc(C)c1Cl. The summed E-state index contributed by atoms with van der Waals surface area (Å²) >= 11 is 6.15. The van der Waals surface area contributed by atoms with Crippen molar-refractivity contribution in [3.05, 3.63) is 64.5 Å². The molecule has 27 heavy (non-hydrogen) atoms. The highest BCUT2D eigenvalue weighted by Crippen LogP contribution is 2.26. The number of amides is 1. The molecule has 1 heterocycles. The maximum atomic E-state index is 12.3. The number of benzene rings is 2. The minimum atomic E-state index is -0.679. The van der Waals surface area contributed by atoms with Crippen LogP contribution in [0.5, 0.6) is 5.75 Å².